The SMILES string of the molecule is Cc1cc(N2CCc3c(c(C)nn3CC34CCC(N5CC6(COC6)C5)(CC3)CC4)C2)c2cnn(C)c2n1. The molecular weight excluding hydrogens is 462 g/mol. The third-order valence-corrected chi connectivity index (χ3v) is 10.9. The molecule has 0 aromatic carbocycles. The average Bonchev–Trinajstić information content (AvgIpc) is 3.37. The molecule has 8 nitrogen and oxygen atoms in total. The van der Waals surface area contributed by atoms with Crippen LogP contribution < -0.4 is 4.90 Å². The smallest absolute Gasteiger partial charge is 0.159 e. The Morgan fingerprint density at radius 2 is 1.78 bits per heavy atom. The van der Waals surface area contributed by atoms with Gasteiger partial charge in [-0.2, -0.15) is 10.2 Å². The molecular formula is C29H39N7O. The Kier molecular flexibility index (Phi) is 4.61. The van der Waals surface area contributed by atoms with Crippen molar-refractivity contribution in [2.24, 2.45) is 17.9 Å². The van der Waals surface area contributed by atoms with E-state index in [0.717, 1.165) is 56.0 Å². The van der Waals surface area contributed by atoms with Gasteiger partial charge < -0.3 is 9.64 Å². The predicted octanol–water partition coefficient (Wildman–Crippen LogP) is 3.77. The molecule has 8 heteroatoms. The minimum atomic E-state index is 0.442. The summed E-state index contributed by atoms with van der Waals surface area (Å²) in [5.74, 6) is 0. The Balaban J connectivity index is 1.00. The molecule has 0 unspecified atom stereocenters. The van der Waals surface area contributed by atoms with Crippen LogP contribution in [-0.2, 0) is 31.3 Å². The first-order valence-electron chi connectivity index (χ1n) is 14.3. The van der Waals surface area contributed by atoms with Crippen LogP contribution in [0, 0.1) is 24.7 Å². The highest BCUT2D eigenvalue weighted by Gasteiger charge is 2.59. The van der Waals surface area contributed by atoms with Crippen molar-refractivity contribution in [3.05, 3.63) is 34.9 Å². The zero-order valence-corrected chi connectivity index (χ0v) is 22.6. The number of fused-ring (bicyclic) bond motifs is 5. The van der Waals surface area contributed by atoms with Crippen LogP contribution in [0.5, 0.6) is 0 Å². The van der Waals surface area contributed by atoms with Gasteiger partial charge in [-0.1, -0.05) is 0 Å². The minimum absolute atomic E-state index is 0.442. The van der Waals surface area contributed by atoms with Crippen LogP contribution in [0.4, 0.5) is 5.69 Å². The Morgan fingerprint density at radius 3 is 2.49 bits per heavy atom. The lowest BCUT2D eigenvalue weighted by Gasteiger charge is -2.66. The van der Waals surface area contributed by atoms with Crippen LogP contribution >= 0.6 is 0 Å². The molecule has 3 aromatic rings. The van der Waals surface area contributed by atoms with E-state index in [1.165, 1.54) is 74.3 Å². The molecule has 0 atom stereocenters. The van der Waals surface area contributed by atoms with Crippen molar-refractivity contribution >= 4 is 16.7 Å². The van der Waals surface area contributed by atoms with Gasteiger partial charge in [-0.3, -0.25) is 14.3 Å². The first-order chi connectivity index (χ1) is 17.9. The molecule has 2 saturated heterocycles. The summed E-state index contributed by atoms with van der Waals surface area (Å²) in [6.07, 6.45) is 11.2. The molecule has 3 aromatic heterocycles. The molecule has 0 radical (unpaired) electrons. The lowest BCUT2D eigenvalue weighted by Crippen LogP contribution is -2.73. The topological polar surface area (TPSA) is 64.2 Å². The summed E-state index contributed by atoms with van der Waals surface area (Å²) in [5.41, 5.74) is 8.84. The fourth-order valence-corrected chi connectivity index (χ4v) is 8.43. The largest absolute Gasteiger partial charge is 0.380 e. The van der Waals surface area contributed by atoms with E-state index in [1.807, 2.05) is 17.9 Å². The number of likely N-dealkylation sites (tertiary alicyclic amines) is 1. The lowest BCUT2D eigenvalue weighted by molar-refractivity contribution is -0.229. The van der Waals surface area contributed by atoms with E-state index in [2.05, 4.69) is 39.5 Å². The minimum Gasteiger partial charge on any atom is -0.380 e. The summed E-state index contributed by atoms with van der Waals surface area (Å²) in [6, 6.07) is 2.22. The highest BCUT2D eigenvalue weighted by atomic mass is 16.5. The normalized spacial score (nSPS) is 30.5. The van der Waals surface area contributed by atoms with E-state index >= 15 is 0 Å². The molecule has 3 saturated carbocycles. The Hall–Kier alpha value is -2.45. The predicted molar refractivity (Wildman–Crippen MR) is 143 cm³/mol. The Morgan fingerprint density at radius 1 is 1.03 bits per heavy atom. The summed E-state index contributed by atoms with van der Waals surface area (Å²) < 4.78 is 9.85. The molecule has 6 heterocycles. The van der Waals surface area contributed by atoms with Crippen molar-refractivity contribution in [3.63, 3.8) is 0 Å². The van der Waals surface area contributed by atoms with Crippen LogP contribution in [0.3, 0.4) is 0 Å². The molecule has 2 bridgehead atoms. The number of rotatable bonds is 4. The van der Waals surface area contributed by atoms with Gasteiger partial charge in [0.1, 0.15) is 0 Å². The van der Waals surface area contributed by atoms with Gasteiger partial charge in [0, 0.05) is 74.1 Å². The summed E-state index contributed by atoms with van der Waals surface area (Å²) in [7, 11) is 1.98. The van der Waals surface area contributed by atoms with Crippen molar-refractivity contribution in [1.82, 2.24) is 29.4 Å². The van der Waals surface area contributed by atoms with Crippen molar-refractivity contribution < 1.29 is 4.74 Å². The maximum Gasteiger partial charge on any atom is 0.159 e. The Bertz CT molecular complexity index is 1370. The first kappa shape index (κ1) is 22.5. The molecule has 1 spiro atoms. The fraction of sp³-hybridized carbons (Fsp3) is 0.690. The highest BCUT2D eigenvalue weighted by molar-refractivity contribution is 5.89. The molecule has 0 amide bonds. The summed E-state index contributed by atoms with van der Waals surface area (Å²) in [5, 5.41) is 10.8. The molecule has 0 N–H and O–H groups in total. The number of pyridine rings is 1. The van der Waals surface area contributed by atoms with Crippen LogP contribution in [0.15, 0.2) is 12.3 Å². The first-order valence-corrected chi connectivity index (χ1v) is 14.3. The highest BCUT2D eigenvalue weighted by Crippen LogP contribution is 2.58. The number of nitrogens with zero attached hydrogens (tertiary/aromatic N) is 7. The quantitative estimate of drug-likeness (QED) is 0.542. The van der Waals surface area contributed by atoms with Gasteiger partial charge in [0.25, 0.3) is 0 Å². The standard InChI is InChI=1S/C29H39N7O/c1-20-12-25(22-13-30-33(3)26(22)31-20)34-11-4-24-23(14-34)21(2)32-36(24)17-27-5-8-29(9-6-27,10-7-27)35-15-28(16-35)18-37-19-28/h12-13H,4-11,14-19H2,1-3H3. The van der Waals surface area contributed by atoms with Crippen molar-refractivity contribution in [2.75, 3.05) is 37.7 Å². The third kappa shape index (κ3) is 3.24. The van der Waals surface area contributed by atoms with Gasteiger partial charge in [-0.05, 0) is 63.9 Å². The molecule has 37 heavy (non-hydrogen) atoms. The number of aryl methyl sites for hydroxylation is 3. The van der Waals surface area contributed by atoms with Gasteiger partial charge in [0.05, 0.1) is 36.2 Å². The zero-order valence-electron chi connectivity index (χ0n) is 22.6. The number of ether oxygens (including phenoxy) is 1. The van der Waals surface area contributed by atoms with Crippen LogP contribution in [0.25, 0.3) is 11.0 Å². The van der Waals surface area contributed by atoms with Crippen LogP contribution in [0.2, 0.25) is 0 Å². The molecule has 6 aliphatic rings. The fourth-order valence-electron chi connectivity index (χ4n) is 8.43. The molecule has 196 valence electrons. The van der Waals surface area contributed by atoms with Gasteiger partial charge in [-0.15, -0.1) is 0 Å². The Labute approximate surface area is 219 Å². The van der Waals surface area contributed by atoms with E-state index in [9.17, 15) is 0 Å². The molecule has 3 aliphatic carbocycles. The maximum atomic E-state index is 5.53. The van der Waals surface area contributed by atoms with Gasteiger partial charge in [-0.25, -0.2) is 4.98 Å². The zero-order chi connectivity index (χ0) is 25.0. The molecule has 5 fully saturated rings. The van der Waals surface area contributed by atoms with Crippen molar-refractivity contribution in [1.29, 1.82) is 0 Å². The number of aromatic nitrogens is 5. The summed E-state index contributed by atoms with van der Waals surface area (Å²) in [4.78, 5) is 10.1. The third-order valence-electron chi connectivity index (χ3n) is 10.9. The van der Waals surface area contributed by atoms with Crippen LogP contribution in [-0.4, -0.2) is 67.8 Å². The van der Waals surface area contributed by atoms with Crippen LogP contribution in [0.1, 0.15) is 61.2 Å². The second-order valence-electron chi connectivity index (χ2n) is 13.2. The van der Waals surface area contributed by atoms with Gasteiger partial charge in [0.15, 0.2) is 5.65 Å². The van der Waals surface area contributed by atoms with Crippen molar-refractivity contribution in [3.8, 4) is 0 Å². The lowest BCUT2D eigenvalue weighted by atomic mass is 9.55. The van der Waals surface area contributed by atoms with E-state index in [1.54, 1.807) is 0 Å². The second kappa shape index (κ2) is 7.56. The van der Waals surface area contributed by atoms with Gasteiger partial charge >= 0.3 is 0 Å². The number of hydrogen-bond donors (Lipinski definition) is 0. The maximum absolute atomic E-state index is 5.53. The van der Waals surface area contributed by atoms with E-state index in [0.29, 0.717) is 16.4 Å². The number of hydrogen-bond acceptors (Lipinski definition) is 6. The van der Waals surface area contributed by atoms with Crippen molar-refractivity contribution in [2.45, 2.75) is 77.4 Å². The second-order valence-corrected chi connectivity index (χ2v) is 13.2. The average molecular weight is 502 g/mol. The van der Waals surface area contributed by atoms with Gasteiger partial charge in [0.2, 0.25) is 0 Å². The van der Waals surface area contributed by atoms with E-state index < -0.39 is 0 Å². The summed E-state index contributed by atoms with van der Waals surface area (Å²) in [6.45, 7) is 11.9. The van der Waals surface area contributed by atoms with E-state index in [-0.39, 0.29) is 0 Å². The number of anilines is 1. The summed E-state index contributed by atoms with van der Waals surface area (Å²) >= 11 is 0. The van der Waals surface area contributed by atoms with E-state index in [4.69, 9.17) is 14.8 Å². The molecule has 3 aliphatic heterocycles. The molecule has 9 rings (SSSR count). The monoisotopic (exact) mass is 501 g/mol.